The minimum atomic E-state index is -1.27. The molecule has 1 aromatic heterocycles. The minimum Gasteiger partial charge on any atom is -0.394 e. The van der Waals surface area contributed by atoms with Crippen LogP contribution < -0.4 is 5.32 Å². The Morgan fingerprint density at radius 3 is 2.72 bits per heavy atom. The van der Waals surface area contributed by atoms with Crippen LogP contribution in [0.4, 0.5) is 0 Å². The Morgan fingerprint density at radius 1 is 1.31 bits per heavy atom. The van der Waals surface area contributed by atoms with Crippen LogP contribution in [0.25, 0.3) is 0 Å². The van der Waals surface area contributed by atoms with Gasteiger partial charge in [-0.2, -0.15) is 0 Å². The predicted molar refractivity (Wildman–Crippen MR) is 107 cm³/mol. The van der Waals surface area contributed by atoms with Crippen molar-refractivity contribution in [2.45, 2.75) is 41.6 Å². The van der Waals surface area contributed by atoms with Gasteiger partial charge >= 0.3 is 0 Å². The molecule has 0 radical (unpaired) electrons. The molecule has 0 spiro atoms. The highest BCUT2D eigenvalue weighted by molar-refractivity contribution is 7.99. The molecule has 1 aliphatic heterocycles. The smallest absolute Gasteiger partial charge is 0.273 e. The van der Waals surface area contributed by atoms with E-state index in [0.29, 0.717) is 21.5 Å². The van der Waals surface area contributed by atoms with Gasteiger partial charge in [0.25, 0.3) is 5.91 Å². The third kappa shape index (κ3) is 4.85. The van der Waals surface area contributed by atoms with Gasteiger partial charge in [-0.15, -0.1) is 5.10 Å². The molecule has 158 valence electrons. The third-order valence-electron chi connectivity index (χ3n) is 4.38. The lowest BCUT2D eigenvalue weighted by Gasteiger charge is -2.41. The van der Waals surface area contributed by atoms with E-state index in [2.05, 4.69) is 15.6 Å². The Labute approximate surface area is 180 Å². The van der Waals surface area contributed by atoms with Gasteiger partial charge < -0.3 is 25.4 Å². The van der Waals surface area contributed by atoms with Gasteiger partial charge in [0.1, 0.15) is 29.8 Å². The van der Waals surface area contributed by atoms with Crippen LogP contribution in [0.5, 0.6) is 0 Å². The van der Waals surface area contributed by atoms with Gasteiger partial charge in [-0.3, -0.25) is 4.79 Å². The van der Waals surface area contributed by atoms with E-state index in [1.54, 1.807) is 25.1 Å². The summed E-state index contributed by atoms with van der Waals surface area (Å²) in [6, 6.07) is 3.97. The number of carbonyl (C=O) groups is 1. The number of ether oxygens (including phenoxy) is 1. The fourth-order valence-electron chi connectivity index (χ4n) is 2.94. The fraction of sp³-hybridized carbons (Fsp3) is 0.471. The average molecular weight is 463 g/mol. The van der Waals surface area contributed by atoms with Crippen LogP contribution in [-0.2, 0) is 4.74 Å². The van der Waals surface area contributed by atoms with Crippen molar-refractivity contribution in [2.75, 3.05) is 13.2 Å². The zero-order valence-corrected chi connectivity index (χ0v) is 17.6. The molecule has 4 N–H and O–H groups in total. The van der Waals surface area contributed by atoms with Crippen LogP contribution in [0.2, 0.25) is 10.0 Å². The van der Waals surface area contributed by atoms with Crippen molar-refractivity contribution < 1.29 is 24.9 Å². The normalized spacial score (nSPS) is 27.0. The number of aliphatic hydroxyl groups is 3. The van der Waals surface area contributed by atoms with Crippen molar-refractivity contribution in [1.29, 1.82) is 0 Å². The summed E-state index contributed by atoms with van der Waals surface area (Å²) in [6.45, 7) is 1.72. The summed E-state index contributed by atoms with van der Waals surface area (Å²) in [5, 5.41) is 42.1. The van der Waals surface area contributed by atoms with Crippen molar-refractivity contribution in [3.05, 3.63) is 40.1 Å². The van der Waals surface area contributed by atoms with Gasteiger partial charge in [0.2, 0.25) is 0 Å². The number of nitrogens with one attached hydrogen (secondary N) is 1. The number of amides is 1. The molecular formula is C17H20Cl2N4O5S. The average Bonchev–Trinajstić information content (AvgIpc) is 3.17. The quantitative estimate of drug-likeness (QED) is 0.502. The molecule has 1 aromatic carbocycles. The molecule has 1 aliphatic rings. The third-order valence-corrected chi connectivity index (χ3v) is 6.26. The molecule has 1 amide bonds. The first-order valence-corrected chi connectivity index (χ1v) is 10.4. The van der Waals surface area contributed by atoms with E-state index in [0.717, 1.165) is 11.8 Å². The number of thioether (sulfide) groups is 1. The number of hydrogen-bond acceptors (Lipinski definition) is 8. The molecule has 3 rings (SSSR count). The van der Waals surface area contributed by atoms with Crippen LogP contribution in [0, 0.1) is 0 Å². The van der Waals surface area contributed by atoms with Crippen LogP contribution in [0.3, 0.4) is 0 Å². The molecule has 1 saturated heterocycles. The van der Waals surface area contributed by atoms with Gasteiger partial charge in [-0.25, -0.2) is 4.68 Å². The number of benzene rings is 1. The van der Waals surface area contributed by atoms with Gasteiger partial charge in [-0.1, -0.05) is 40.2 Å². The van der Waals surface area contributed by atoms with E-state index in [-0.39, 0.29) is 5.69 Å². The van der Waals surface area contributed by atoms with Crippen molar-refractivity contribution in [2.24, 2.45) is 0 Å². The highest BCUT2D eigenvalue weighted by Crippen LogP contribution is 2.39. The molecule has 0 aliphatic carbocycles. The number of aromatic nitrogens is 3. The van der Waals surface area contributed by atoms with Crippen LogP contribution in [0.1, 0.15) is 23.5 Å². The number of nitrogens with zero attached hydrogens (tertiary/aromatic N) is 3. The number of aliphatic hydroxyl groups excluding tert-OH is 3. The Kier molecular flexibility index (Phi) is 7.38. The molecule has 12 heteroatoms. The SMILES string of the molecule is CCNC(=O)c1cn(C2[C@@H](O)C(CO)O[C@H](Sc3ccc(Cl)c(Cl)c3)[C@H]2O)nn1. The van der Waals surface area contributed by atoms with E-state index in [4.69, 9.17) is 27.9 Å². The maximum Gasteiger partial charge on any atom is 0.273 e. The van der Waals surface area contributed by atoms with Crippen molar-refractivity contribution in [1.82, 2.24) is 20.3 Å². The molecule has 9 nitrogen and oxygen atoms in total. The van der Waals surface area contributed by atoms with E-state index in [9.17, 15) is 20.1 Å². The lowest BCUT2D eigenvalue weighted by atomic mass is 9.97. The Morgan fingerprint density at radius 2 is 2.07 bits per heavy atom. The summed E-state index contributed by atoms with van der Waals surface area (Å²) in [4.78, 5) is 12.6. The molecule has 0 bridgehead atoms. The predicted octanol–water partition coefficient (Wildman–Crippen LogP) is 1.11. The lowest BCUT2D eigenvalue weighted by Crippen LogP contribution is -2.55. The fourth-order valence-corrected chi connectivity index (χ4v) is 4.40. The monoisotopic (exact) mass is 462 g/mol. The topological polar surface area (TPSA) is 130 Å². The van der Waals surface area contributed by atoms with E-state index >= 15 is 0 Å². The molecule has 29 heavy (non-hydrogen) atoms. The second kappa shape index (κ2) is 9.61. The Balaban J connectivity index is 1.85. The van der Waals surface area contributed by atoms with E-state index in [1.807, 2.05) is 0 Å². The van der Waals surface area contributed by atoms with Crippen molar-refractivity contribution >= 4 is 40.9 Å². The summed E-state index contributed by atoms with van der Waals surface area (Å²) in [7, 11) is 0. The minimum absolute atomic E-state index is 0.0481. The van der Waals surface area contributed by atoms with E-state index in [1.165, 1.54) is 10.9 Å². The summed E-state index contributed by atoms with van der Waals surface area (Å²) in [5.74, 6) is -0.421. The largest absolute Gasteiger partial charge is 0.394 e. The lowest BCUT2D eigenvalue weighted by molar-refractivity contribution is -0.178. The zero-order valence-electron chi connectivity index (χ0n) is 15.3. The number of carbonyl (C=O) groups excluding carboxylic acids is 1. The second-order valence-electron chi connectivity index (χ2n) is 6.33. The second-order valence-corrected chi connectivity index (χ2v) is 8.32. The summed E-state index contributed by atoms with van der Waals surface area (Å²) >= 11 is 13.1. The summed E-state index contributed by atoms with van der Waals surface area (Å²) in [6.07, 6.45) is -2.13. The van der Waals surface area contributed by atoms with Crippen LogP contribution in [-0.4, -0.2) is 73.1 Å². The molecule has 0 saturated carbocycles. The molecule has 2 unspecified atom stereocenters. The standard InChI is InChI=1S/C17H20Cl2N4O5S/c1-2-20-16(27)11-6-23(22-21-11)13-14(25)12(7-24)28-17(15(13)26)29-8-3-4-9(18)10(19)5-8/h3-6,12-15,17,24-26H,2,7H2,1H3,(H,20,27)/t12?,13?,14-,15-,17+/m0/s1. The number of rotatable bonds is 6. The molecule has 1 fully saturated rings. The van der Waals surface area contributed by atoms with Gasteiger partial charge in [-0.05, 0) is 25.1 Å². The summed E-state index contributed by atoms with van der Waals surface area (Å²) in [5.41, 5.74) is -0.804. The van der Waals surface area contributed by atoms with Crippen LogP contribution >= 0.6 is 35.0 Å². The van der Waals surface area contributed by atoms with Crippen molar-refractivity contribution in [3.8, 4) is 0 Å². The Hall–Kier alpha value is -1.40. The molecule has 5 atom stereocenters. The first-order chi connectivity index (χ1) is 13.8. The molecular weight excluding hydrogens is 443 g/mol. The van der Waals surface area contributed by atoms with Crippen LogP contribution in [0.15, 0.2) is 29.3 Å². The maximum atomic E-state index is 11.9. The zero-order chi connectivity index (χ0) is 21.1. The number of halogens is 2. The van der Waals surface area contributed by atoms with Crippen molar-refractivity contribution in [3.63, 3.8) is 0 Å². The van der Waals surface area contributed by atoms with Gasteiger partial charge in [0, 0.05) is 11.4 Å². The first-order valence-electron chi connectivity index (χ1n) is 8.79. The highest BCUT2D eigenvalue weighted by Gasteiger charge is 2.46. The Bertz CT molecular complexity index is 870. The van der Waals surface area contributed by atoms with Gasteiger partial charge in [0.05, 0.1) is 22.8 Å². The first kappa shape index (κ1) is 22.3. The van der Waals surface area contributed by atoms with E-state index < -0.39 is 42.3 Å². The summed E-state index contributed by atoms with van der Waals surface area (Å²) < 4.78 is 6.89. The highest BCUT2D eigenvalue weighted by atomic mass is 35.5. The van der Waals surface area contributed by atoms with Gasteiger partial charge in [0.15, 0.2) is 5.69 Å². The molecule has 2 heterocycles. The maximum absolute atomic E-state index is 11.9. The molecule has 2 aromatic rings. The number of hydrogen-bond donors (Lipinski definition) is 4.